The Morgan fingerprint density at radius 3 is 2.85 bits per heavy atom. The van der Waals surface area contributed by atoms with Gasteiger partial charge in [0.05, 0.1) is 5.69 Å². The van der Waals surface area contributed by atoms with Crippen LogP contribution in [0.5, 0.6) is 0 Å². The van der Waals surface area contributed by atoms with E-state index < -0.39 is 0 Å². The highest BCUT2D eigenvalue weighted by molar-refractivity contribution is 8.13. The molecule has 0 spiro atoms. The topological polar surface area (TPSA) is 38.4 Å². The first-order valence-electron chi connectivity index (χ1n) is 3.78. The van der Waals surface area contributed by atoms with Gasteiger partial charge in [0.15, 0.2) is 5.17 Å². The molecule has 1 rings (SSSR count). The molecule has 0 saturated carbocycles. The molecular weight excluding hydrogens is 204 g/mol. The van der Waals surface area contributed by atoms with Gasteiger partial charge in [0.2, 0.25) is 0 Å². The maximum atomic E-state index is 5.92. The molecule has 0 unspecified atom stereocenters. The van der Waals surface area contributed by atoms with Crippen molar-refractivity contribution in [1.82, 2.24) is 0 Å². The third kappa shape index (κ3) is 2.64. The van der Waals surface area contributed by atoms with Gasteiger partial charge in [-0.1, -0.05) is 29.4 Å². The van der Waals surface area contributed by atoms with Crippen molar-refractivity contribution in [3.8, 4) is 0 Å². The second-order valence-electron chi connectivity index (χ2n) is 2.54. The number of halogens is 1. The van der Waals surface area contributed by atoms with Crippen LogP contribution in [0.4, 0.5) is 5.69 Å². The Kier molecular flexibility index (Phi) is 3.63. The van der Waals surface area contributed by atoms with E-state index in [9.17, 15) is 0 Å². The fourth-order valence-electron chi connectivity index (χ4n) is 0.882. The third-order valence-corrected chi connectivity index (χ3v) is 2.60. The van der Waals surface area contributed by atoms with E-state index in [0.29, 0.717) is 5.17 Å². The van der Waals surface area contributed by atoms with Crippen LogP contribution in [0.1, 0.15) is 5.56 Å². The summed E-state index contributed by atoms with van der Waals surface area (Å²) in [5.74, 6) is 0. The van der Waals surface area contributed by atoms with Gasteiger partial charge in [-0.25, -0.2) is 4.99 Å². The van der Waals surface area contributed by atoms with E-state index >= 15 is 0 Å². The van der Waals surface area contributed by atoms with E-state index in [1.807, 2.05) is 31.4 Å². The Bertz CT molecular complexity index is 336. The molecule has 0 amide bonds. The number of nitrogens with zero attached hydrogens (tertiary/aromatic N) is 1. The number of nitrogens with two attached hydrogens (primary N) is 1. The fourth-order valence-corrected chi connectivity index (χ4v) is 1.24. The summed E-state index contributed by atoms with van der Waals surface area (Å²) in [5.41, 5.74) is 7.39. The molecule has 0 atom stereocenters. The highest BCUT2D eigenvalue weighted by atomic mass is 35.5. The molecule has 0 aromatic heterocycles. The van der Waals surface area contributed by atoms with Crippen LogP contribution in [0.15, 0.2) is 23.2 Å². The molecule has 0 fully saturated rings. The van der Waals surface area contributed by atoms with Crippen molar-refractivity contribution >= 4 is 34.2 Å². The van der Waals surface area contributed by atoms with Gasteiger partial charge in [-0.15, -0.1) is 0 Å². The highest BCUT2D eigenvalue weighted by Gasteiger charge is 2.00. The van der Waals surface area contributed by atoms with Crippen LogP contribution in [0.2, 0.25) is 5.02 Å². The molecule has 1 aromatic rings. The predicted octanol–water partition coefficient (Wildman–Crippen LogP) is 2.96. The second kappa shape index (κ2) is 4.53. The van der Waals surface area contributed by atoms with Crippen LogP contribution in [0, 0.1) is 6.92 Å². The van der Waals surface area contributed by atoms with Gasteiger partial charge in [-0.05, 0) is 30.9 Å². The molecule has 4 heteroatoms. The summed E-state index contributed by atoms with van der Waals surface area (Å²) in [6, 6.07) is 5.59. The van der Waals surface area contributed by atoms with E-state index in [1.165, 1.54) is 11.8 Å². The van der Waals surface area contributed by atoms with Crippen molar-refractivity contribution < 1.29 is 0 Å². The molecule has 2 nitrogen and oxygen atoms in total. The average molecular weight is 215 g/mol. The number of hydrogen-bond acceptors (Lipinski definition) is 2. The maximum Gasteiger partial charge on any atom is 0.158 e. The highest BCUT2D eigenvalue weighted by Crippen LogP contribution is 2.25. The third-order valence-electron chi connectivity index (χ3n) is 1.68. The normalized spacial score (nSPS) is 11.8. The molecule has 0 aliphatic heterocycles. The van der Waals surface area contributed by atoms with Gasteiger partial charge in [0.25, 0.3) is 0 Å². The van der Waals surface area contributed by atoms with Crippen LogP contribution in [0.25, 0.3) is 0 Å². The Labute approximate surface area is 87.2 Å². The maximum absolute atomic E-state index is 5.92. The Morgan fingerprint density at radius 2 is 2.23 bits per heavy atom. The molecule has 1 aromatic carbocycles. The van der Waals surface area contributed by atoms with Crippen LogP contribution >= 0.6 is 23.4 Å². The average Bonchev–Trinajstić information content (AvgIpc) is 2.13. The lowest BCUT2D eigenvalue weighted by Crippen LogP contribution is -2.04. The summed E-state index contributed by atoms with van der Waals surface area (Å²) >= 11 is 7.34. The summed E-state index contributed by atoms with van der Waals surface area (Å²) in [6.45, 7) is 1.93. The van der Waals surface area contributed by atoms with E-state index in [0.717, 1.165) is 16.3 Å². The van der Waals surface area contributed by atoms with Crippen molar-refractivity contribution in [2.45, 2.75) is 6.92 Å². The quantitative estimate of drug-likeness (QED) is 0.577. The number of amidine groups is 1. The Hall–Kier alpha value is -0.670. The molecular formula is C9H11ClN2S. The van der Waals surface area contributed by atoms with Crippen molar-refractivity contribution in [3.05, 3.63) is 28.8 Å². The number of rotatable bonds is 1. The summed E-state index contributed by atoms with van der Waals surface area (Å²) in [6.07, 6.45) is 1.89. The van der Waals surface area contributed by atoms with Gasteiger partial charge in [-0.2, -0.15) is 0 Å². The van der Waals surface area contributed by atoms with Crippen LogP contribution < -0.4 is 5.73 Å². The fraction of sp³-hybridized carbons (Fsp3) is 0.222. The van der Waals surface area contributed by atoms with Crippen molar-refractivity contribution in [3.63, 3.8) is 0 Å². The molecule has 0 saturated heterocycles. The smallest absolute Gasteiger partial charge is 0.158 e. The van der Waals surface area contributed by atoms with E-state index in [-0.39, 0.29) is 0 Å². The summed E-state index contributed by atoms with van der Waals surface area (Å²) < 4.78 is 0. The van der Waals surface area contributed by atoms with Gasteiger partial charge >= 0.3 is 0 Å². The zero-order chi connectivity index (χ0) is 9.84. The van der Waals surface area contributed by atoms with E-state index in [4.69, 9.17) is 17.3 Å². The van der Waals surface area contributed by atoms with Crippen LogP contribution in [-0.2, 0) is 0 Å². The Balaban J connectivity index is 3.09. The lowest BCUT2D eigenvalue weighted by atomic mass is 10.2. The standard InChI is InChI=1S/C9H11ClN2S/c1-6-7(10)4-3-5-8(6)12-9(11)13-2/h3-5H,1-2H3,(H2,11,12). The first-order valence-corrected chi connectivity index (χ1v) is 5.38. The minimum atomic E-state index is 0.547. The van der Waals surface area contributed by atoms with Gasteiger partial charge in [0, 0.05) is 5.02 Å². The van der Waals surface area contributed by atoms with E-state index in [2.05, 4.69) is 4.99 Å². The van der Waals surface area contributed by atoms with Gasteiger partial charge in [-0.3, -0.25) is 0 Å². The van der Waals surface area contributed by atoms with Crippen molar-refractivity contribution in [2.24, 2.45) is 10.7 Å². The molecule has 0 aliphatic carbocycles. The molecule has 0 aliphatic rings. The lowest BCUT2D eigenvalue weighted by molar-refractivity contribution is 1.39. The predicted molar refractivity (Wildman–Crippen MR) is 61.0 cm³/mol. The summed E-state index contributed by atoms with van der Waals surface area (Å²) in [7, 11) is 0. The minimum Gasteiger partial charge on any atom is -0.378 e. The molecule has 13 heavy (non-hydrogen) atoms. The molecule has 70 valence electrons. The van der Waals surface area contributed by atoms with Crippen molar-refractivity contribution in [1.29, 1.82) is 0 Å². The summed E-state index contributed by atoms with van der Waals surface area (Å²) in [4.78, 5) is 4.21. The monoisotopic (exact) mass is 214 g/mol. The number of aliphatic imine (C=N–C) groups is 1. The van der Waals surface area contributed by atoms with Crippen LogP contribution in [0.3, 0.4) is 0 Å². The first-order chi connectivity index (χ1) is 6.15. The first kappa shape index (κ1) is 10.4. The second-order valence-corrected chi connectivity index (χ2v) is 3.77. The van der Waals surface area contributed by atoms with Crippen LogP contribution in [-0.4, -0.2) is 11.4 Å². The zero-order valence-electron chi connectivity index (χ0n) is 7.54. The van der Waals surface area contributed by atoms with E-state index in [1.54, 1.807) is 0 Å². The minimum absolute atomic E-state index is 0.547. The number of benzene rings is 1. The summed E-state index contributed by atoms with van der Waals surface area (Å²) in [5, 5.41) is 1.26. The number of hydrogen-bond donors (Lipinski definition) is 1. The number of thioether (sulfide) groups is 1. The SMILES string of the molecule is CSC(N)=Nc1cccc(Cl)c1C. The van der Waals surface area contributed by atoms with Gasteiger partial charge in [0.1, 0.15) is 0 Å². The largest absolute Gasteiger partial charge is 0.378 e. The molecule has 2 N–H and O–H groups in total. The Morgan fingerprint density at radius 1 is 1.54 bits per heavy atom. The molecule has 0 heterocycles. The molecule has 0 radical (unpaired) electrons. The molecule has 0 bridgehead atoms. The lowest BCUT2D eigenvalue weighted by Gasteiger charge is -2.02. The zero-order valence-corrected chi connectivity index (χ0v) is 9.12. The van der Waals surface area contributed by atoms with Gasteiger partial charge < -0.3 is 5.73 Å². The van der Waals surface area contributed by atoms with Crippen molar-refractivity contribution in [2.75, 3.05) is 6.26 Å².